The molecule has 0 aliphatic rings. The van der Waals surface area contributed by atoms with Crippen molar-refractivity contribution in [2.24, 2.45) is 4.52 Å². The van der Waals surface area contributed by atoms with Crippen molar-refractivity contribution in [3.8, 4) is 34.5 Å². The molecule has 0 amide bonds. The van der Waals surface area contributed by atoms with Gasteiger partial charge in [-0.2, -0.15) is 0 Å². The molecule has 150 valence electrons. The van der Waals surface area contributed by atoms with Crippen LogP contribution in [-0.2, 0) is 0 Å². The summed E-state index contributed by atoms with van der Waals surface area (Å²) in [5, 5.41) is 28.1. The summed E-state index contributed by atoms with van der Waals surface area (Å²) in [4.78, 5) is 5.70. The van der Waals surface area contributed by atoms with Gasteiger partial charge in [0.25, 0.3) is 8.60 Å². The molecule has 3 rings (SSSR count). The lowest BCUT2D eigenvalue weighted by Gasteiger charge is -2.22. The van der Waals surface area contributed by atoms with Gasteiger partial charge in [0, 0.05) is 0 Å². The van der Waals surface area contributed by atoms with Gasteiger partial charge >= 0.3 is 8.45 Å². The van der Waals surface area contributed by atoms with Crippen molar-refractivity contribution in [2.75, 3.05) is 0 Å². The minimum atomic E-state index is -1.67. The SMILES string of the molecule is Oc1ccc(OP=NP(Oc2ccc(O)cc2)N(P)Oc2ccc(O)cc2)cc1. The van der Waals surface area contributed by atoms with Crippen LogP contribution < -0.4 is 13.9 Å². The number of rotatable bonds is 8. The lowest BCUT2D eigenvalue weighted by atomic mass is 10.3. The molecule has 3 aromatic rings. The molecule has 11 heteroatoms. The molecule has 0 fully saturated rings. The molecule has 8 nitrogen and oxygen atoms in total. The Kier molecular flexibility index (Phi) is 7.45. The molecule has 0 heterocycles. The molecular weight excluding hydrogens is 433 g/mol. The second kappa shape index (κ2) is 10.2. The van der Waals surface area contributed by atoms with Crippen LogP contribution in [0.2, 0.25) is 0 Å². The van der Waals surface area contributed by atoms with Crippen LogP contribution in [0, 0.1) is 0 Å². The van der Waals surface area contributed by atoms with E-state index in [1.165, 1.54) is 41.0 Å². The summed E-state index contributed by atoms with van der Waals surface area (Å²) >= 11 is 0. The number of nitrogens with zero attached hydrogens (tertiary/aromatic N) is 2. The minimum absolute atomic E-state index is 0.121. The predicted octanol–water partition coefficient (Wildman–Crippen LogP) is 5.62. The van der Waals surface area contributed by atoms with E-state index in [0.29, 0.717) is 17.2 Å². The van der Waals surface area contributed by atoms with Gasteiger partial charge in [-0.25, -0.2) is 0 Å². The summed E-state index contributed by atoms with van der Waals surface area (Å²) in [5.74, 6) is 1.88. The number of hydrogen-bond donors (Lipinski definition) is 3. The third-order valence-electron chi connectivity index (χ3n) is 3.32. The highest BCUT2D eigenvalue weighted by Gasteiger charge is 2.20. The molecule has 0 saturated carbocycles. The fraction of sp³-hybridized carbons (Fsp3) is 0. The average Bonchev–Trinajstić information content (AvgIpc) is 2.72. The van der Waals surface area contributed by atoms with Crippen LogP contribution in [0.1, 0.15) is 0 Å². The highest BCUT2D eigenvalue weighted by molar-refractivity contribution is 7.58. The van der Waals surface area contributed by atoms with Gasteiger partial charge in [0.15, 0.2) is 0 Å². The van der Waals surface area contributed by atoms with Gasteiger partial charge in [-0.1, -0.05) is 0 Å². The molecule has 0 spiro atoms. The fourth-order valence-electron chi connectivity index (χ4n) is 1.95. The molecule has 0 radical (unpaired) electrons. The molecule has 29 heavy (non-hydrogen) atoms. The maximum absolute atomic E-state index is 9.43. The van der Waals surface area contributed by atoms with E-state index in [2.05, 4.69) is 13.9 Å². The monoisotopic (exact) mass is 450 g/mol. The van der Waals surface area contributed by atoms with E-state index in [-0.39, 0.29) is 25.8 Å². The van der Waals surface area contributed by atoms with Crippen molar-refractivity contribution in [3.05, 3.63) is 72.8 Å². The van der Waals surface area contributed by atoms with Crippen molar-refractivity contribution in [3.63, 3.8) is 0 Å². The summed E-state index contributed by atoms with van der Waals surface area (Å²) in [5.41, 5.74) is 0. The Hall–Kier alpha value is -2.62. The maximum Gasteiger partial charge on any atom is 0.344 e. The van der Waals surface area contributed by atoms with Crippen LogP contribution in [-0.4, -0.2) is 19.9 Å². The first-order valence-corrected chi connectivity index (χ1v) is 10.6. The minimum Gasteiger partial charge on any atom is -0.508 e. The zero-order valence-corrected chi connectivity index (χ0v) is 17.8. The largest absolute Gasteiger partial charge is 0.508 e. The van der Waals surface area contributed by atoms with Gasteiger partial charge in [0.05, 0.1) is 0 Å². The number of hydrogen-bond acceptors (Lipinski definition) is 8. The normalized spacial score (nSPS) is 12.1. The van der Waals surface area contributed by atoms with Gasteiger partial charge in [0.2, 0.25) is 0 Å². The Labute approximate surface area is 172 Å². The van der Waals surface area contributed by atoms with Crippen molar-refractivity contribution in [1.82, 2.24) is 4.60 Å². The lowest BCUT2D eigenvalue weighted by Crippen LogP contribution is -2.11. The van der Waals surface area contributed by atoms with Crippen molar-refractivity contribution in [1.29, 1.82) is 0 Å². The first-order chi connectivity index (χ1) is 14.0. The first kappa shape index (κ1) is 21.1. The summed E-state index contributed by atoms with van der Waals surface area (Å²) in [6.07, 6.45) is 0. The summed E-state index contributed by atoms with van der Waals surface area (Å²) in [6.45, 7) is 0. The van der Waals surface area contributed by atoms with Crippen LogP contribution in [0.3, 0.4) is 0 Å². The summed E-state index contributed by atoms with van der Waals surface area (Å²) in [6, 6.07) is 18.7. The van der Waals surface area contributed by atoms with Crippen molar-refractivity contribution < 1.29 is 29.2 Å². The van der Waals surface area contributed by atoms with Crippen LogP contribution in [0.5, 0.6) is 34.5 Å². The molecule has 3 aromatic carbocycles. The van der Waals surface area contributed by atoms with E-state index in [1.807, 2.05) is 0 Å². The Morgan fingerprint density at radius 2 is 1.17 bits per heavy atom. The molecule has 0 saturated heterocycles. The van der Waals surface area contributed by atoms with E-state index < -0.39 is 8.45 Å². The molecule has 0 aliphatic heterocycles. The van der Waals surface area contributed by atoms with Crippen molar-refractivity contribution >= 4 is 26.4 Å². The molecule has 0 aromatic heterocycles. The summed E-state index contributed by atoms with van der Waals surface area (Å²) < 4.78 is 17.1. The molecule has 2 unspecified atom stereocenters. The predicted molar refractivity (Wildman–Crippen MR) is 114 cm³/mol. The van der Waals surface area contributed by atoms with E-state index >= 15 is 0 Å². The zero-order chi connectivity index (χ0) is 20.6. The fourth-order valence-corrected chi connectivity index (χ4v) is 4.26. The summed E-state index contributed by atoms with van der Waals surface area (Å²) in [7, 11) is 0.970. The van der Waals surface area contributed by atoms with E-state index in [0.717, 1.165) is 0 Å². The Balaban J connectivity index is 1.72. The molecule has 3 N–H and O–H groups in total. The first-order valence-electron chi connectivity index (χ1n) is 8.15. The standard InChI is InChI=1S/C18H17N2O6P3/c21-13-1-7-16(8-2-13)24-20(27)29(26-18-11-5-15(23)6-12-18)19-28-25-17-9-3-14(22)4-10-17/h1-12,21-23H,27H2. The van der Waals surface area contributed by atoms with Crippen molar-refractivity contribution in [2.45, 2.75) is 0 Å². The second-order valence-electron chi connectivity index (χ2n) is 5.48. The highest BCUT2D eigenvalue weighted by Crippen LogP contribution is 2.49. The smallest absolute Gasteiger partial charge is 0.344 e. The van der Waals surface area contributed by atoms with E-state index in [9.17, 15) is 15.3 Å². The van der Waals surface area contributed by atoms with Crippen LogP contribution in [0.25, 0.3) is 0 Å². The number of aromatic hydroxyl groups is 3. The third-order valence-corrected chi connectivity index (χ3v) is 6.01. The maximum atomic E-state index is 9.43. The quantitative estimate of drug-likeness (QED) is 0.302. The van der Waals surface area contributed by atoms with Gasteiger partial charge in [-0.3, -0.25) is 0 Å². The number of benzene rings is 3. The van der Waals surface area contributed by atoms with Crippen LogP contribution in [0.4, 0.5) is 0 Å². The zero-order valence-electron chi connectivity index (χ0n) is 14.9. The topological polar surface area (TPSA) is 104 Å². The van der Waals surface area contributed by atoms with Crippen LogP contribution >= 0.6 is 26.4 Å². The van der Waals surface area contributed by atoms with Crippen LogP contribution in [0.15, 0.2) is 77.3 Å². The molecule has 0 aliphatic carbocycles. The molecular formula is C18H17N2O6P3. The lowest BCUT2D eigenvalue weighted by molar-refractivity contribution is 0.138. The number of phenolic OH excluding ortho intramolecular Hbond substituents is 3. The van der Waals surface area contributed by atoms with Gasteiger partial charge in [-0.15, -0.1) is 4.52 Å². The van der Waals surface area contributed by atoms with Gasteiger partial charge < -0.3 is 29.2 Å². The average molecular weight is 450 g/mol. The highest BCUT2D eigenvalue weighted by atomic mass is 31.2. The Bertz CT molecular complexity index is 939. The Morgan fingerprint density at radius 3 is 1.69 bits per heavy atom. The van der Waals surface area contributed by atoms with E-state index in [1.54, 1.807) is 36.4 Å². The number of phenols is 3. The van der Waals surface area contributed by atoms with E-state index in [4.69, 9.17) is 13.9 Å². The third kappa shape index (κ3) is 6.74. The van der Waals surface area contributed by atoms with Gasteiger partial charge in [0.1, 0.15) is 34.5 Å². The Morgan fingerprint density at radius 1 is 0.724 bits per heavy atom. The second-order valence-corrected chi connectivity index (χ2v) is 8.53. The van der Waals surface area contributed by atoms with Gasteiger partial charge in [-0.05, 0) is 86.8 Å². The molecule has 0 bridgehead atoms. The molecule has 2 atom stereocenters.